The normalized spacial score (nSPS) is 21.1. The molecule has 0 aliphatic heterocycles. The molecule has 0 spiro atoms. The summed E-state index contributed by atoms with van der Waals surface area (Å²) in [6.45, 7) is 3.05. The molecule has 1 aliphatic rings. The lowest BCUT2D eigenvalue weighted by Gasteiger charge is -2.08. The largest absolute Gasteiger partial charge is 0.330 e. The first-order chi connectivity index (χ1) is 5.34. The summed E-state index contributed by atoms with van der Waals surface area (Å²) in [4.78, 5) is 0. The zero-order valence-corrected chi connectivity index (χ0v) is 7.47. The minimum Gasteiger partial charge on any atom is -0.330 e. The van der Waals surface area contributed by atoms with Crippen LogP contribution in [0.5, 0.6) is 0 Å². The molecule has 0 unspecified atom stereocenters. The van der Waals surface area contributed by atoms with Crippen molar-refractivity contribution >= 4 is 0 Å². The maximum absolute atomic E-state index is 5.43. The van der Waals surface area contributed by atoms with Gasteiger partial charge in [-0.15, -0.1) is 0 Å². The van der Waals surface area contributed by atoms with Crippen LogP contribution in [0.15, 0.2) is 11.6 Å². The van der Waals surface area contributed by atoms with Crippen LogP contribution in [0.4, 0.5) is 0 Å². The Morgan fingerprint density at radius 1 is 1.45 bits per heavy atom. The molecular weight excluding hydrogens is 134 g/mol. The van der Waals surface area contributed by atoms with Crippen LogP contribution in [0.2, 0.25) is 0 Å². The van der Waals surface area contributed by atoms with E-state index in [1.54, 1.807) is 5.57 Å². The molecular formula is C10H19N. The molecule has 0 aromatic rings. The lowest BCUT2D eigenvalue weighted by atomic mass is 9.98. The highest BCUT2D eigenvalue weighted by Gasteiger charge is 2.15. The molecule has 1 rings (SSSR count). The number of hydrogen-bond acceptors (Lipinski definition) is 1. The highest BCUT2D eigenvalue weighted by atomic mass is 14.5. The Morgan fingerprint density at radius 2 is 2.09 bits per heavy atom. The molecule has 1 nitrogen and oxygen atoms in total. The molecule has 0 bridgehead atoms. The predicted octanol–water partition coefficient (Wildman–Crippen LogP) is 2.47. The third-order valence-electron chi connectivity index (χ3n) is 2.63. The Hall–Kier alpha value is -0.300. The molecule has 2 N–H and O–H groups in total. The monoisotopic (exact) mass is 153 g/mol. The maximum Gasteiger partial charge on any atom is -0.00425 e. The molecule has 1 aliphatic carbocycles. The first kappa shape index (κ1) is 8.79. The summed E-state index contributed by atoms with van der Waals surface area (Å²) < 4.78 is 0. The van der Waals surface area contributed by atoms with E-state index in [0.717, 1.165) is 18.9 Å². The summed E-state index contributed by atoms with van der Waals surface area (Å²) in [5, 5.41) is 0. The molecule has 1 fully saturated rings. The van der Waals surface area contributed by atoms with Crippen LogP contribution in [-0.4, -0.2) is 6.54 Å². The van der Waals surface area contributed by atoms with Gasteiger partial charge < -0.3 is 5.73 Å². The van der Waals surface area contributed by atoms with Crippen LogP contribution in [-0.2, 0) is 0 Å². The first-order valence-electron chi connectivity index (χ1n) is 4.71. The van der Waals surface area contributed by atoms with Gasteiger partial charge in [-0.3, -0.25) is 0 Å². The Bertz CT molecular complexity index is 132. The van der Waals surface area contributed by atoms with Crippen LogP contribution >= 0.6 is 0 Å². The lowest BCUT2D eigenvalue weighted by Crippen LogP contribution is -1.99. The molecule has 11 heavy (non-hydrogen) atoms. The minimum absolute atomic E-state index is 0.796. The second-order valence-electron chi connectivity index (χ2n) is 3.51. The van der Waals surface area contributed by atoms with Gasteiger partial charge in [0.05, 0.1) is 0 Å². The van der Waals surface area contributed by atoms with Crippen molar-refractivity contribution in [2.75, 3.05) is 6.54 Å². The van der Waals surface area contributed by atoms with Crippen molar-refractivity contribution in [2.24, 2.45) is 11.7 Å². The van der Waals surface area contributed by atoms with E-state index in [1.165, 1.54) is 25.7 Å². The fourth-order valence-electron chi connectivity index (χ4n) is 1.86. The van der Waals surface area contributed by atoms with Crippen molar-refractivity contribution in [3.63, 3.8) is 0 Å². The molecule has 0 aromatic heterocycles. The van der Waals surface area contributed by atoms with Crippen molar-refractivity contribution in [1.82, 2.24) is 0 Å². The number of rotatable bonds is 3. The summed E-state index contributed by atoms with van der Waals surface area (Å²) in [5.74, 6) is 0.890. The van der Waals surface area contributed by atoms with Gasteiger partial charge in [-0.2, -0.15) is 0 Å². The SMILES string of the molecule is CC(=CCCN)C1CCCC1. The molecule has 1 heteroatoms. The van der Waals surface area contributed by atoms with Gasteiger partial charge in [-0.1, -0.05) is 24.5 Å². The Kier molecular flexibility index (Phi) is 3.64. The van der Waals surface area contributed by atoms with Crippen LogP contribution in [0, 0.1) is 5.92 Å². The molecule has 0 saturated heterocycles. The smallest absolute Gasteiger partial charge is 0.00425 e. The van der Waals surface area contributed by atoms with Gasteiger partial charge in [0.1, 0.15) is 0 Å². The summed E-state index contributed by atoms with van der Waals surface area (Å²) in [6, 6.07) is 0. The fourth-order valence-corrected chi connectivity index (χ4v) is 1.86. The zero-order valence-electron chi connectivity index (χ0n) is 7.47. The van der Waals surface area contributed by atoms with Gasteiger partial charge >= 0.3 is 0 Å². The van der Waals surface area contributed by atoms with Crippen molar-refractivity contribution in [1.29, 1.82) is 0 Å². The van der Waals surface area contributed by atoms with Gasteiger partial charge in [0, 0.05) is 0 Å². The zero-order chi connectivity index (χ0) is 8.10. The van der Waals surface area contributed by atoms with E-state index in [0.29, 0.717) is 0 Å². The van der Waals surface area contributed by atoms with Crippen LogP contribution in [0.1, 0.15) is 39.0 Å². The van der Waals surface area contributed by atoms with Crippen molar-refractivity contribution in [3.05, 3.63) is 11.6 Å². The standard InChI is InChI=1S/C10H19N/c1-9(5-4-8-11)10-6-2-3-7-10/h5,10H,2-4,6-8,11H2,1H3. The van der Waals surface area contributed by atoms with Gasteiger partial charge in [0.15, 0.2) is 0 Å². The van der Waals surface area contributed by atoms with Crippen molar-refractivity contribution in [3.8, 4) is 0 Å². The summed E-state index contributed by atoms with van der Waals surface area (Å²) >= 11 is 0. The van der Waals surface area contributed by atoms with Gasteiger partial charge in [-0.25, -0.2) is 0 Å². The molecule has 0 radical (unpaired) electrons. The van der Waals surface area contributed by atoms with Crippen LogP contribution < -0.4 is 5.73 Å². The Balaban J connectivity index is 2.32. The quantitative estimate of drug-likeness (QED) is 0.619. The number of hydrogen-bond donors (Lipinski definition) is 1. The van der Waals surface area contributed by atoms with Gasteiger partial charge in [0.25, 0.3) is 0 Å². The topological polar surface area (TPSA) is 26.0 Å². The first-order valence-corrected chi connectivity index (χ1v) is 4.71. The molecule has 1 saturated carbocycles. The highest BCUT2D eigenvalue weighted by Crippen LogP contribution is 2.30. The summed E-state index contributed by atoms with van der Waals surface area (Å²) in [7, 11) is 0. The van der Waals surface area contributed by atoms with E-state index in [1.807, 2.05) is 0 Å². The molecule has 0 aromatic carbocycles. The highest BCUT2D eigenvalue weighted by molar-refractivity contribution is 5.04. The summed E-state index contributed by atoms with van der Waals surface area (Å²) in [6.07, 6.45) is 9.05. The Labute approximate surface area is 69.7 Å². The van der Waals surface area contributed by atoms with E-state index >= 15 is 0 Å². The fraction of sp³-hybridized carbons (Fsp3) is 0.800. The second kappa shape index (κ2) is 4.55. The van der Waals surface area contributed by atoms with E-state index in [4.69, 9.17) is 5.73 Å². The van der Waals surface area contributed by atoms with Crippen LogP contribution in [0.3, 0.4) is 0 Å². The average molecular weight is 153 g/mol. The maximum atomic E-state index is 5.43. The van der Waals surface area contributed by atoms with E-state index < -0.39 is 0 Å². The molecule has 0 atom stereocenters. The molecule has 0 amide bonds. The third-order valence-corrected chi connectivity index (χ3v) is 2.63. The third kappa shape index (κ3) is 2.66. The van der Waals surface area contributed by atoms with E-state index in [2.05, 4.69) is 13.0 Å². The van der Waals surface area contributed by atoms with Crippen molar-refractivity contribution in [2.45, 2.75) is 39.0 Å². The number of nitrogens with two attached hydrogens (primary N) is 1. The summed E-state index contributed by atoms with van der Waals surface area (Å²) in [5.41, 5.74) is 7.01. The lowest BCUT2D eigenvalue weighted by molar-refractivity contribution is 0.638. The van der Waals surface area contributed by atoms with Crippen molar-refractivity contribution < 1.29 is 0 Å². The molecule has 0 heterocycles. The number of allylic oxidation sites excluding steroid dienone is 1. The van der Waals surface area contributed by atoms with Gasteiger partial charge in [-0.05, 0) is 38.6 Å². The van der Waals surface area contributed by atoms with Crippen LogP contribution in [0.25, 0.3) is 0 Å². The average Bonchev–Trinajstić information content (AvgIpc) is 2.52. The van der Waals surface area contributed by atoms with E-state index in [-0.39, 0.29) is 0 Å². The van der Waals surface area contributed by atoms with E-state index in [9.17, 15) is 0 Å². The minimum atomic E-state index is 0.796. The molecule has 64 valence electrons. The second-order valence-corrected chi connectivity index (χ2v) is 3.51. The van der Waals surface area contributed by atoms with Gasteiger partial charge in [0.2, 0.25) is 0 Å². The Morgan fingerprint density at radius 3 is 2.64 bits per heavy atom. The predicted molar refractivity (Wildman–Crippen MR) is 49.4 cm³/mol.